The molecule has 1 aliphatic carbocycles. The van der Waals surface area contributed by atoms with E-state index >= 15 is 0 Å². The minimum absolute atomic E-state index is 0.192. The number of rotatable bonds is 2. The van der Waals surface area contributed by atoms with Gasteiger partial charge in [0.25, 0.3) is 0 Å². The molecule has 0 aliphatic heterocycles. The third kappa shape index (κ3) is 2.90. The zero-order valence-corrected chi connectivity index (χ0v) is 8.44. The molecular formula is C10H14N4O. The fourth-order valence-corrected chi connectivity index (χ4v) is 1.78. The summed E-state index contributed by atoms with van der Waals surface area (Å²) >= 11 is 0. The van der Waals surface area contributed by atoms with Gasteiger partial charge in [-0.1, -0.05) is 12.8 Å². The van der Waals surface area contributed by atoms with Crippen LogP contribution in [0.2, 0.25) is 0 Å². The van der Waals surface area contributed by atoms with Crippen molar-refractivity contribution in [3.63, 3.8) is 0 Å². The predicted molar refractivity (Wildman–Crippen MR) is 56.4 cm³/mol. The molecule has 0 saturated heterocycles. The number of hydrogen-bond acceptors (Lipinski definition) is 3. The Labute approximate surface area is 88.3 Å². The Morgan fingerprint density at radius 3 is 2.87 bits per heavy atom. The Hall–Kier alpha value is -1.65. The molecular weight excluding hydrogens is 192 g/mol. The van der Waals surface area contributed by atoms with E-state index in [0.717, 1.165) is 12.8 Å². The fourth-order valence-electron chi connectivity index (χ4n) is 1.78. The van der Waals surface area contributed by atoms with E-state index in [1.807, 2.05) is 0 Å². The third-order valence-electron chi connectivity index (χ3n) is 2.50. The smallest absolute Gasteiger partial charge is 0.320 e. The first-order valence-corrected chi connectivity index (χ1v) is 5.20. The van der Waals surface area contributed by atoms with E-state index in [-0.39, 0.29) is 6.03 Å². The molecule has 0 atom stereocenters. The van der Waals surface area contributed by atoms with Crippen LogP contribution in [-0.4, -0.2) is 22.3 Å². The Morgan fingerprint density at radius 1 is 1.40 bits per heavy atom. The van der Waals surface area contributed by atoms with Crippen LogP contribution in [0, 0.1) is 0 Å². The molecule has 1 aliphatic rings. The molecule has 5 heteroatoms. The molecule has 1 fully saturated rings. The number of aromatic nitrogens is 2. The largest absolute Gasteiger partial charge is 0.335 e. The van der Waals surface area contributed by atoms with Crippen LogP contribution in [0.1, 0.15) is 25.7 Å². The van der Waals surface area contributed by atoms with Crippen LogP contribution < -0.4 is 10.6 Å². The number of nitrogens with zero attached hydrogens (tertiary/aromatic N) is 2. The summed E-state index contributed by atoms with van der Waals surface area (Å²) in [6.07, 6.45) is 6.13. The molecule has 1 aromatic heterocycles. The van der Waals surface area contributed by atoms with E-state index in [1.54, 1.807) is 18.3 Å². The fraction of sp³-hybridized carbons (Fsp3) is 0.500. The van der Waals surface area contributed by atoms with Crippen LogP contribution in [0.15, 0.2) is 18.3 Å². The molecule has 0 bridgehead atoms. The first kappa shape index (κ1) is 9.89. The molecule has 1 heterocycles. The van der Waals surface area contributed by atoms with Gasteiger partial charge >= 0.3 is 6.03 Å². The Morgan fingerprint density at radius 2 is 2.20 bits per heavy atom. The van der Waals surface area contributed by atoms with Gasteiger partial charge < -0.3 is 5.32 Å². The van der Waals surface area contributed by atoms with Gasteiger partial charge in [0.15, 0.2) is 5.82 Å². The van der Waals surface area contributed by atoms with Gasteiger partial charge in [0.2, 0.25) is 0 Å². The first-order valence-electron chi connectivity index (χ1n) is 5.20. The van der Waals surface area contributed by atoms with E-state index in [9.17, 15) is 4.79 Å². The number of carbonyl (C=O) groups is 1. The van der Waals surface area contributed by atoms with E-state index in [2.05, 4.69) is 20.8 Å². The second-order valence-corrected chi connectivity index (χ2v) is 3.69. The molecule has 2 rings (SSSR count). The monoisotopic (exact) mass is 206 g/mol. The molecule has 5 nitrogen and oxygen atoms in total. The second kappa shape index (κ2) is 4.72. The van der Waals surface area contributed by atoms with Crippen molar-refractivity contribution in [2.75, 3.05) is 5.32 Å². The maximum Gasteiger partial charge on any atom is 0.320 e. The lowest BCUT2D eigenvalue weighted by Gasteiger charge is -2.11. The van der Waals surface area contributed by atoms with Gasteiger partial charge in [-0.3, -0.25) is 5.32 Å². The summed E-state index contributed by atoms with van der Waals surface area (Å²) in [5.41, 5.74) is 0. The highest BCUT2D eigenvalue weighted by Crippen LogP contribution is 2.17. The van der Waals surface area contributed by atoms with Crippen LogP contribution in [-0.2, 0) is 0 Å². The summed E-state index contributed by atoms with van der Waals surface area (Å²) < 4.78 is 0. The topological polar surface area (TPSA) is 66.9 Å². The van der Waals surface area contributed by atoms with Crippen molar-refractivity contribution in [3.05, 3.63) is 18.3 Å². The predicted octanol–water partition coefficient (Wildman–Crippen LogP) is 1.54. The van der Waals surface area contributed by atoms with Crippen molar-refractivity contribution in [3.8, 4) is 0 Å². The number of hydrogen-bond donors (Lipinski definition) is 2. The lowest BCUT2D eigenvalue weighted by molar-refractivity contribution is 0.248. The molecule has 80 valence electrons. The quantitative estimate of drug-likeness (QED) is 0.771. The van der Waals surface area contributed by atoms with Gasteiger partial charge in [-0.25, -0.2) is 4.79 Å². The standard InChI is InChI=1S/C10H14N4O/c15-10(12-8-4-1-2-5-8)13-9-6-3-7-11-14-9/h3,6-8H,1-2,4-5H2,(H2,12,13,14,15). The first-order chi connectivity index (χ1) is 7.34. The average Bonchev–Trinajstić information content (AvgIpc) is 2.71. The lowest BCUT2D eigenvalue weighted by Crippen LogP contribution is -2.36. The molecule has 1 saturated carbocycles. The molecule has 0 aromatic carbocycles. The van der Waals surface area contributed by atoms with Crippen LogP contribution in [0.25, 0.3) is 0 Å². The molecule has 2 N–H and O–H groups in total. The van der Waals surface area contributed by atoms with Gasteiger partial charge in [-0.15, -0.1) is 5.10 Å². The molecule has 15 heavy (non-hydrogen) atoms. The van der Waals surface area contributed by atoms with Crippen molar-refractivity contribution in [2.45, 2.75) is 31.7 Å². The number of nitrogens with one attached hydrogen (secondary N) is 2. The number of amides is 2. The maximum absolute atomic E-state index is 11.5. The highest BCUT2D eigenvalue weighted by atomic mass is 16.2. The normalized spacial score (nSPS) is 16.3. The zero-order chi connectivity index (χ0) is 10.5. The number of anilines is 1. The summed E-state index contributed by atoms with van der Waals surface area (Å²) in [7, 11) is 0. The molecule has 0 radical (unpaired) electrons. The molecule has 2 amide bonds. The lowest BCUT2D eigenvalue weighted by atomic mass is 10.2. The van der Waals surface area contributed by atoms with E-state index in [0.29, 0.717) is 11.9 Å². The average molecular weight is 206 g/mol. The maximum atomic E-state index is 11.5. The van der Waals surface area contributed by atoms with Crippen molar-refractivity contribution >= 4 is 11.8 Å². The van der Waals surface area contributed by atoms with E-state index in [1.165, 1.54) is 12.8 Å². The summed E-state index contributed by atoms with van der Waals surface area (Å²) in [5.74, 6) is 0.480. The van der Waals surface area contributed by atoms with Crippen LogP contribution in [0.5, 0.6) is 0 Å². The van der Waals surface area contributed by atoms with Crippen LogP contribution >= 0.6 is 0 Å². The highest BCUT2D eigenvalue weighted by Gasteiger charge is 2.16. The second-order valence-electron chi connectivity index (χ2n) is 3.69. The van der Waals surface area contributed by atoms with Gasteiger partial charge in [-0.2, -0.15) is 5.10 Å². The number of urea groups is 1. The highest BCUT2D eigenvalue weighted by molar-refractivity contribution is 5.88. The van der Waals surface area contributed by atoms with Crippen molar-refractivity contribution in [2.24, 2.45) is 0 Å². The van der Waals surface area contributed by atoms with Gasteiger partial charge in [-0.05, 0) is 25.0 Å². The SMILES string of the molecule is O=C(Nc1cccnn1)NC1CCCC1. The van der Waals surface area contributed by atoms with Gasteiger partial charge in [0, 0.05) is 12.2 Å². The summed E-state index contributed by atoms with van der Waals surface area (Å²) in [4.78, 5) is 11.5. The van der Waals surface area contributed by atoms with Crippen LogP contribution in [0.3, 0.4) is 0 Å². The van der Waals surface area contributed by atoms with E-state index in [4.69, 9.17) is 0 Å². The minimum Gasteiger partial charge on any atom is -0.335 e. The summed E-state index contributed by atoms with van der Waals surface area (Å²) in [6, 6.07) is 3.57. The van der Waals surface area contributed by atoms with Gasteiger partial charge in [0.1, 0.15) is 0 Å². The Bertz CT molecular complexity index is 321. The summed E-state index contributed by atoms with van der Waals surface area (Å²) in [5, 5.41) is 13.0. The molecule has 0 unspecified atom stereocenters. The number of carbonyl (C=O) groups excluding carboxylic acids is 1. The molecule has 1 aromatic rings. The Kier molecular flexibility index (Phi) is 3.11. The zero-order valence-electron chi connectivity index (χ0n) is 8.44. The Balaban J connectivity index is 1.82. The summed E-state index contributed by atoms with van der Waals surface area (Å²) in [6.45, 7) is 0. The minimum atomic E-state index is -0.192. The van der Waals surface area contributed by atoms with Gasteiger partial charge in [0.05, 0.1) is 0 Å². The van der Waals surface area contributed by atoms with Crippen molar-refractivity contribution in [1.82, 2.24) is 15.5 Å². The van der Waals surface area contributed by atoms with Crippen LogP contribution in [0.4, 0.5) is 10.6 Å². The third-order valence-corrected chi connectivity index (χ3v) is 2.50. The van der Waals surface area contributed by atoms with E-state index < -0.39 is 0 Å². The molecule has 0 spiro atoms. The van der Waals surface area contributed by atoms with Crippen molar-refractivity contribution in [1.29, 1.82) is 0 Å². The van der Waals surface area contributed by atoms with Crippen molar-refractivity contribution < 1.29 is 4.79 Å².